The average molecular weight is 487 g/mol. The molecule has 1 aromatic carbocycles. The quantitative estimate of drug-likeness (QED) is 0.494. The van der Waals surface area contributed by atoms with Crippen molar-refractivity contribution in [2.75, 3.05) is 49.9 Å². The maximum absolute atomic E-state index is 12.6. The molecule has 1 fully saturated rings. The summed E-state index contributed by atoms with van der Waals surface area (Å²) in [5.41, 5.74) is 0.749. The Bertz CT molecular complexity index is 1130. The smallest absolute Gasteiger partial charge is 0.261 e. The molecule has 1 aromatic heterocycles. The van der Waals surface area contributed by atoms with E-state index in [1.54, 1.807) is 42.7 Å². The molecule has 12 heteroatoms. The van der Waals surface area contributed by atoms with E-state index in [2.05, 4.69) is 15.3 Å². The number of anilines is 1. The van der Waals surface area contributed by atoms with Crippen molar-refractivity contribution in [2.45, 2.75) is 12.8 Å². The van der Waals surface area contributed by atoms with Crippen LogP contribution in [0.15, 0.2) is 42.7 Å². The summed E-state index contributed by atoms with van der Waals surface area (Å²) < 4.78 is 26.7. The van der Waals surface area contributed by atoms with Crippen LogP contribution in [0.3, 0.4) is 0 Å². The summed E-state index contributed by atoms with van der Waals surface area (Å²) in [6.07, 6.45) is 3.68. The molecule has 11 nitrogen and oxygen atoms in total. The summed E-state index contributed by atoms with van der Waals surface area (Å²) in [7, 11) is -3.51. The number of carbonyl (C=O) groups is 3. The van der Waals surface area contributed by atoms with Crippen molar-refractivity contribution in [3.8, 4) is 0 Å². The number of imide groups is 1. The molecule has 1 N–H and O–H groups in total. The lowest BCUT2D eigenvalue weighted by Gasteiger charge is -2.33. The molecule has 2 aromatic rings. The highest BCUT2D eigenvalue weighted by Gasteiger charge is 2.34. The van der Waals surface area contributed by atoms with Crippen molar-refractivity contribution >= 4 is 33.7 Å². The summed E-state index contributed by atoms with van der Waals surface area (Å²) in [5.74, 6) is -0.651. The number of piperazine rings is 1. The Morgan fingerprint density at radius 1 is 0.941 bits per heavy atom. The van der Waals surface area contributed by atoms with Gasteiger partial charge in [0.05, 0.1) is 16.9 Å². The highest BCUT2D eigenvalue weighted by atomic mass is 32.2. The van der Waals surface area contributed by atoms with Gasteiger partial charge in [0.1, 0.15) is 0 Å². The van der Waals surface area contributed by atoms with Crippen molar-refractivity contribution in [2.24, 2.45) is 0 Å². The van der Waals surface area contributed by atoms with Crippen LogP contribution in [0, 0.1) is 0 Å². The number of fused-ring (bicyclic) bond motifs is 1. The first kappa shape index (κ1) is 23.8. The number of amides is 3. The molecule has 0 unspecified atom stereocenters. The molecule has 0 bridgehead atoms. The van der Waals surface area contributed by atoms with Crippen LogP contribution in [-0.4, -0.2) is 90.3 Å². The van der Waals surface area contributed by atoms with Crippen molar-refractivity contribution < 1.29 is 22.8 Å². The van der Waals surface area contributed by atoms with Crippen molar-refractivity contribution in [3.05, 3.63) is 53.9 Å². The molecule has 0 saturated carbocycles. The van der Waals surface area contributed by atoms with Crippen LogP contribution in [0.5, 0.6) is 0 Å². The van der Waals surface area contributed by atoms with Gasteiger partial charge >= 0.3 is 0 Å². The Hall–Kier alpha value is -3.38. The van der Waals surface area contributed by atoms with Crippen LogP contribution in [0.1, 0.15) is 33.6 Å². The fourth-order valence-corrected chi connectivity index (χ4v) is 5.34. The second-order valence-corrected chi connectivity index (χ2v) is 10.1. The van der Waals surface area contributed by atoms with E-state index in [9.17, 15) is 22.8 Å². The normalized spacial score (nSPS) is 16.6. The number of aromatic nitrogens is 2. The third-order valence-corrected chi connectivity index (χ3v) is 7.68. The Balaban J connectivity index is 1.16. The molecule has 3 amide bonds. The van der Waals surface area contributed by atoms with Crippen LogP contribution >= 0.6 is 0 Å². The van der Waals surface area contributed by atoms with Gasteiger partial charge < -0.3 is 10.2 Å². The van der Waals surface area contributed by atoms with Gasteiger partial charge in [-0.25, -0.2) is 18.4 Å². The van der Waals surface area contributed by atoms with Gasteiger partial charge in [0.25, 0.3) is 11.8 Å². The highest BCUT2D eigenvalue weighted by molar-refractivity contribution is 7.89. The molecular formula is C22H26N6O5S. The maximum Gasteiger partial charge on any atom is 0.261 e. The predicted molar refractivity (Wildman–Crippen MR) is 124 cm³/mol. The second kappa shape index (κ2) is 10.3. The van der Waals surface area contributed by atoms with E-state index in [-0.39, 0.29) is 43.0 Å². The zero-order valence-electron chi connectivity index (χ0n) is 18.6. The van der Waals surface area contributed by atoms with Crippen LogP contribution in [0.4, 0.5) is 5.95 Å². The van der Waals surface area contributed by atoms with Crippen molar-refractivity contribution in [1.29, 1.82) is 0 Å². The molecule has 1 saturated heterocycles. The number of rotatable bonds is 9. The molecule has 0 radical (unpaired) electrons. The average Bonchev–Trinajstić information content (AvgIpc) is 3.09. The lowest BCUT2D eigenvalue weighted by atomic mass is 10.1. The molecule has 3 heterocycles. The molecule has 0 aliphatic carbocycles. The van der Waals surface area contributed by atoms with E-state index in [1.807, 2.05) is 4.90 Å². The Morgan fingerprint density at radius 2 is 1.56 bits per heavy atom. The van der Waals surface area contributed by atoms with Gasteiger partial charge in [-0.05, 0) is 24.6 Å². The fourth-order valence-electron chi connectivity index (χ4n) is 4.00. The summed E-state index contributed by atoms with van der Waals surface area (Å²) >= 11 is 0. The molecular weight excluding hydrogens is 460 g/mol. The Morgan fingerprint density at radius 3 is 2.18 bits per heavy atom. The van der Waals surface area contributed by atoms with Crippen LogP contribution in [-0.2, 0) is 14.8 Å². The van der Waals surface area contributed by atoms with Gasteiger partial charge in [0.15, 0.2) is 0 Å². The van der Waals surface area contributed by atoms with Crippen molar-refractivity contribution in [3.63, 3.8) is 0 Å². The number of benzene rings is 1. The molecule has 0 spiro atoms. The van der Waals surface area contributed by atoms with Crippen LogP contribution in [0.2, 0.25) is 0 Å². The van der Waals surface area contributed by atoms with E-state index in [0.29, 0.717) is 49.7 Å². The number of nitrogens with one attached hydrogen (secondary N) is 1. The van der Waals surface area contributed by atoms with Gasteiger partial charge in [-0.2, -0.15) is 4.31 Å². The van der Waals surface area contributed by atoms with E-state index >= 15 is 0 Å². The SMILES string of the molecule is O=C(CCCN1C(=O)c2ccccc2C1=O)NCCS(=O)(=O)N1CCN(c2ncccn2)CC1. The number of sulfonamides is 1. The maximum atomic E-state index is 12.6. The minimum atomic E-state index is -3.51. The molecule has 2 aliphatic rings. The first-order valence-electron chi connectivity index (χ1n) is 11.1. The lowest BCUT2D eigenvalue weighted by Crippen LogP contribution is -2.50. The first-order chi connectivity index (χ1) is 16.4. The third-order valence-electron chi connectivity index (χ3n) is 5.81. The zero-order valence-corrected chi connectivity index (χ0v) is 19.4. The van der Waals surface area contributed by atoms with Crippen LogP contribution < -0.4 is 10.2 Å². The molecule has 34 heavy (non-hydrogen) atoms. The minimum Gasteiger partial charge on any atom is -0.355 e. The summed E-state index contributed by atoms with van der Waals surface area (Å²) in [5, 5.41) is 2.61. The van der Waals surface area contributed by atoms with Gasteiger partial charge in [-0.3, -0.25) is 19.3 Å². The van der Waals surface area contributed by atoms with Crippen molar-refractivity contribution in [1.82, 2.24) is 24.5 Å². The van der Waals surface area contributed by atoms with Gasteiger partial charge in [0, 0.05) is 58.1 Å². The standard InChI is InChI=1S/C22H26N6O5S/c29-19(7-3-11-28-20(30)17-5-1-2-6-18(17)21(28)31)23-10-16-34(32,33)27-14-12-26(13-15-27)22-24-8-4-9-25-22/h1-2,4-6,8-9H,3,7,10-16H2,(H,23,29). The largest absolute Gasteiger partial charge is 0.355 e. The van der Waals surface area contributed by atoms with E-state index < -0.39 is 10.0 Å². The minimum absolute atomic E-state index is 0.00378. The first-order valence-corrected chi connectivity index (χ1v) is 12.7. The number of carbonyl (C=O) groups excluding carboxylic acids is 3. The lowest BCUT2D eigenvalue weighted by molar-refractivity contribution is -0.121. The molecule has 0 atom stereocenters. The summed E-state index contributed by atoms with van der Waals surface area (Å²) in [4.78, 5) is 48.3. The second-order valence-electron chi connectivity index (χ2n) is 8.01. The number of hydrogen-bond acceptors (Lipinski definition) is 8. The monoisotopic (exact) mass is 486 g/mol. The highest BCUT2D eigenvalue weighted by Crippen LogP contribution is 2.22. The van der Waals surface area contributed by atoms with E-state index in [0.717, 1.165) is 4.90 Å². The van der Waals surface area contributed by atoms with E-state index in [1.165, 1.54) is 4.31 Å². The topological polar surface area (TPSA) is 133 Å². The summed E-state index contributed by atoms with van der Waals surface area (Å²) in [6, 6.07) is 8.35. The van der Waals surface area contributed by atoms with Gasteiger partial charge in [-0.1, -0.05) is 12.1 Å². The number of hydrogen-bond donors (Lipinski definition) is 1. The van der Waals surface area contributed by atoms with Crippen LogP contribution in [0.25, 0.3) is 0 Å². The summed E-state index contributed by atoms with van der Waals surface area (Å²) in [6.45, 7) is 1.77. The molecule has 2 aliphatic heterocycles. The fraction of sp³-hybridized carbons (Fsp3) is 0.409. The number of nitrogens with zero attached hydrogens (tertiary/aromatic N) is 5. The molecule has 180 valence electrons. The van der Waals surface area contributed by atoms with Gasteiger partial charge in [-0.15, -0.1) is 0 Å². The Kier molecular flexibility index (Phi) is 7.17. The Labute approximate surface area is 197 Å². The van der Waals surface area contributed by atoms with Gasteiger partial charge in [0.2, 0.25) is 21.9 Å². The predicted octanol–water partition coefficient (Wildman–Crippen LogP) is 0.121. The third kappa shape index (κ3) is 5.23. The zero-order chi connectivity index (χ0) is 24.1. The van der Waals surface area contributed by atoms with E-state index in [4.69, 9.17) is 0 Å². The molecule has 4 rings (SSSR count).